The smallest absolute Gasteiger partial charge is 0.350 e. The molecule has 3 aromatic rings. The van der Waals surface area contributed by atoms with Crippen LogP contribution in [0.3, 0.4) is 0 Å². The maximum Gasteiger partial charge on any atom is 0.434 e. The van der Waals surface area contributed by atoms with Crippen LogP contribution in [0.4, 0.5) is 18.9 Å². The summed E-state index contributed by atoms with van der Waals surface area (Å²) in [5.41, 5.74) is -0.0703. The van der Waals surface area contributed by atoms with Crippen LogP contribution in [0.2, 0.25) is 0 Å². The zero-order chi connectivity index (χ0) is 22.8. The van der Waals surface area contributed by atoms with Crippen molar-refractivity contribution in [2.75, 3.05) is 5.32 Å². The van der Waals surface area contributed by atoms with E-state index >= 15 is 0 Å². The molecule has 1 aromatic heterocycles. The lowest BCUT2D eigenvalue weighted by Crippen LogP contribution is -2.30. The number of carbonyl (C=O) groups excluding carboxylic acids is 2. The summed E-state index contributed by atoms with van der Waals surface area (Å²) in [6, 6.07) is 12.1. The van der Waals surface area contributed by atoms with Crippen molar-refractivity contribution in [1.82, 2.24) is 15.1 Å². The molecule has 2 N–H and O–H groups in total. The third-order valence-corrected chi connectivity index (χ3v) is 4.39. The summed E-state index contributed by atoms with van der Waals surface area (Å²) in [6.45, 7) is 5.46. The molecule has 0 atom stereocenters. The van der Waals surface area contributed by atoms with E-state index in [4.69, 9.17) is 0 Å². The lowest BCUT2D eigenvalue weighted by atomic mass is 10.1. The van der Waals surface area contributed by atoms with Crippen molar-refractivity contribution in [3.63, 3.8) is 0 Å². The third kappa shape index (κ3) is 5.11. The number of aryl methyl sites for hydroxylation is 1. The van der Waals surface area contributed by atoms with Gasteiger partial charge in [-0.25, -0.2) is 4.68 Å². The number of amides is 2. The maximum absolute atomic E-state index is 13.8. The summed E-state index contributed by atoms with van der Waals surface area (Å²) in [7, 11) is 0. The van der Waals surface area contributed by atoms with Gasteiger partial charge < -0.3 is 10.6 Å². The predicted molar refractivity (Wildman–Crippen MR) is 110 cm³/mol. The monoisotopic (exact) mass is 430 g/mol. The van der Waals surface area contributed by atoms with Gasteiger partial charge in [0.2, 0.25) is 0 Å². The van der Waals surface area contributed by atoms with Gasteiger partial charge in [-0.15, -0.1) is 0 Å². The molecule has 0 fully saturated rings. The fraction of sp³-hybridized carbons (Fsp3) is 0.227. The molecule has 0 aliphatic rings. The summed E-state index contributed by atoms with van der Waals surface area (Å²) in [6.07, 6.45) is -3.91. The summed E-state index contributed by atoms with van der Waals surface area (Å²) >= 11 is 0. The molecular formula is C22H21F3N4O2. The van der Waals surface area contributed by atoms with E-state index in [2.05, 4.69) is 15.7 Å². The fourth-order valence-electron chi connectivity index (χ4n) is 2.92. The van der Waals surface area contributed by atoms with Crippen molar-refractivity contribution in [1.29, 1.82) is 0 Å². The fourth-order valence-corrected chi connectivity index (χ4v) is 2.92. The minimum absolute atomic E-state index is 0.0438. The lowest BCUT2D eigenvalue weighted by Gasteiger charge is -2.13. The summed E-state index contributed by atoms with van der Waals surface area (Å²) in [4.78, 5) is 24.6. The lowest BCUT2D eigenvalue weighted by molar-refractivity contribution is -0.143. The number of nitrogens with one attached hydrogen (secondary N) is 2. The number of anilines is 1. The molecule has 6 nitrogen and oxygen atoms in total. The number of halogens is 3. The van der Waals surface area contributed by atoms with Gasteiger partial charge in [-0.3, -0.25) is 9.59 Å². The van der Waals surface area contributed by atoms with Gasteiger partial charge in [-0.05, 0) is 57.2 Å². The number of nitrogens with zero attached hydrogens (tertiary/aromatic N) is 2. The van der Waals surface area contributed by atoms with Crippen molar-refractivity contribution < 1.29 is 22.8 Å². The molecule has 2 aromatic carbocycles. The number of alkyl halides is 3. The number of benzene rings is 2. The van der Waals surface area contributed by atoms with Crippen LogP contribution < -0.4 is 10.6 Å². The largest absolute Gasteiger partial charge is 0.434 e. The van der Waals surface area contributed by atoms with E-state index in [9.17, 15) is 22.8 Å². The zero-order valence-electron chi connectivity index (χ0n) is 17.1. The van der Waals surface area contributed by atoms with Crippen LogP contribution in [-0.2, 0) is 6.18 Å². The highest BCUT2D eigenvalue weighted by Gasteiger charge is 2.40. The first kappa shape index (κ1) is 22.1. The van der Waals surface area contributed by atoms with Gasteiger partial charge in [0.25, 0.3) is 11.8 Å². The molecule has 0 radical (unpaired) electrons. The third-order valence-electron chi connectivity index (χ3n) is 4.39. The second-order valence-corrected chi connectivity index (χ2v) is 7.31. The molecule has 0 bridgehead atoms. The van der Waals surface area contributed by atoms with E-state index < -0.39 is 23.3 Å². The molecule has 3 rings (SSSR count). The standard InChI is InChI=1S/C22H21F3N4O2/c1-13(2)27-20(30)15-6-8-16(9-7-15)28-21(31)18-12-26-29(19(18)22(23,24)25)17-10-4-14(3)5-11-17/h4-13H,1-3H3,(H,27,30)(H,28,31). The maximum atomic E-state index is 13.8. The van der Waals surface area contributed by atoms with Crippen molar-refractivity contribution in [3.8, 4) is 5.69 Å². The molecule has 1 heterocycles. The van der Waals surface area contributed by atoms with Crippen molar-refractivity contribution in [2.45, 2.75) is 33.0 Å². The molecule has 9 heteroatoms. The van der Waals surface area contributed by atoms with Gasteiger partial charge >= 0.3 is 6.18 Å². The Morgan fingerprint density at radius 2 is 1.58 bits per heavy atom. The number of rotatable bonds is 5. The number of aromatic nitrogens is 2. The Balaban J connectivity index is 1.87. The summed E-state index contributed by atoms with van der Waals surface area (Å²) in [5.74, 6) is -1.24. The molecular weight excluding hydrogens is 409 g/mol. The van der Waals surface area contributed by atoms with Crippen molar-refractivity contribution in [3.05, 3.63) is 77.1 Å². The van der Waals surface area contributed by atoms with Gasteiger partial charge in [-0.2, -0.15) is 18.3 Å². The Hall–Kier alpha value is -3.62. The van der Waals surface area contributed by atoms with E-state index in [0.29, 0.717) is 10.2 Å². The first-order chi connectivity index (χ1) is 14.6. The Labute approximate surface area is 177 Å². The second kappa shape index (κ2) is 8.63. The molecule has 0 aliphatic heterocycles. The molecule has 0 saturated heterocycles. The Morgan fingerprint density at radius 1 is 0.968 bits per heavy atom. The predicted octanol–water partition coefficient (Wildman–Crippen LogP) is 4.59. The SMILES string of the molecule is Cc1ccc(-n2ncc(C(=O)Nc3ccc(C(=O)NC(C)C)cc3)c2C(F)(F)F)cc1. The number of carbonyl (C=O) groups is 2. The number of hydrogen-bond acceptors (Lipinski definition) is 3. The molecule has 31 heavy (non-hydrogen) atoms. The van der Waals surface area contributed by atoms with Crippen LogP contribution in [0, 0.1) is 6.92 Å². The second-order valence-electron chi connectivity index (χ2n) is 7.31. The van der Waals surface area contributed by atoms with Crippen LogP contribution in [0.15, 0.2) is 54.7 Å². The quantitative estimate of drug-likeness (QED) is 0.622. The van der Waals surface area contributed by atoms with Crippen molar-refractivity contribution in [2.24, 2.45) is 0 Å². The first-order valence-electron chi connectivity index (χ1n) is 9.51. The highest BCUT2D eigenvalue weighted by molar-refractivity contribution is 6.05. The summed E-state index contributed by atoms with van der Waals surface area (Å²) in [5, 5.41) is 8.95. The van der Waals surface area contributed by atoms with Crippen LogP contribution in [0.5, 0.6) is 0 Å². The van der Waals surface area contributed by atoms with Crippen LogP contribution >= 0.6 is 0 Å². The topological polar surface area (TPSA) is 76.0 Å². The molecule has 0 aliphatic carbocycles. The molecule has 2 amide bonds. The van der Waals surface area contributed by atoms with Crippen LogP contribution in [-0.4, -0.2) is 27.6 Å². The highest BCUT2D eigenvalue weighted by Crippen LogP contribution is 2.34. The molecule has 0 saturated carbocycles. The number of hydrogen-bond donors (Lipinski definition) is 2. The van der Waals surface area contributed by atoms with E-state index in [-0.39, 0.29) is 23.3 Å². The minimum atomic E-state index is -4.80. The van der Waals surface area contributed by atoms with Gasteiger partial charge in [0.1, 0.15) is 0 Å². The molecule has 0 unspecified atom stereocenters. The Bertz CT molecular complexity index is 1090. The normalized spacial score (nSPS) is 11.5. The molecule has 162 valence electrons. The first-order valence-corrected chi connectivity index (χ1v) is 9.51. The van der Waals surface area contributed by atoms with Gasteiger partial charge in [0.05, 0.1) is 17.4 Å². The van der Waals surface area contributed by atoms with E-state index in [1.165, 1.54) is 36.4 Å². The van der Waals surface area contributed by atoms with Gasteiger partial charge in [0.15, 0.2) is 5.69 Å². The van der Waals surface area contributed by atoms with Crippen LogP contribution in [0.25, 0.3) is 5.69 Å². The van der Waals surface area contributed by atoms with Gasteiger partial charge in [-0.1, -0.05) is 17.7 Å². The zero-order valence-corrected chi connectivity index (χ0v) is 17.1. The molecule has 0 spiro atoms. The van der Waals surface area contributed by atoms with Crippen molar-refractivity contribution >= 4 is 17.5 Å². The summed E-state index contributed by atoms with van der Waals surface area (Å²) < 4.78 is 42.0. The highest BCUT2D eigenvalue weighted by atomic mass is 19.4. The minimum Gasteiger partial charge on any atom is -0.350 e. The Morgan fingerprint density at radius 3 is 2.13 bits per heavy atom. The average molecular weight is 430 g/mol. The van der Waals surface area contributed by atoms with E-state index in [1.54, 1.807) is 12.1 Å². The average Bonchev–Trinajstić information content (AvgIpc) is 3.14. The van der Waals surface area contributed by atoms with Gasteiger partial charge in [0, 0.05) is 17.3 Å². The van der Waals surface area contributed by atoms with E-state index in [0.717, 1.165) is 11.8 Å². The van der Waals surface area contributed by atoms with E-state index in [1.807, 2.05) is 20.8 Å². The van der Waals surface area contributed by atoms with Crippen LogP contribution in [0.1, 0.15) is 45.8 Å². The Kier molecular flexibility index (Phi) is 6.14.